The molecule has 1 atom stereocenters. The molecule has 3 rings (SSSR count). The number of hydrogen-bond acceptors (Lipinski definition) is 4. The third-order valence-corrected chi connectivity index (χ3v) is 4.33. The normalized spacial score (nSPS) is 14.3. The summed E-state index contributed by atoms with van der Waals surface area (Å²) in [7, 11) is 3.72. The van der Waals surface area contributed by atoms with E-state index in [0.29, 0.717) is 17.8 Å². The van der Waals surface area contributed by atoms with E-state index in [4.69, 9.17) is 0 Å². The molecule has 2 N–H and O–H groups in total. The molecule has 130 valence electrons. The van der Waals surface area contributed by atoms with Crippen LogP contribution in [0.4, 0.5) is 11.5 Å². The van der Waals surface area contributed by atoms with Gasteiger partial charge in [-0.1, -0.05) is 12.1 Å². The van der Waals surface area contributed by atoms with Crippen molar-refractivity contribution in [3.8, 4) is 0 Å². The first kappa shape index (κ1) is 17.0. The first-order valence-corrected chi connectivity index (χ1v) is 8.31. The van der Waals surface area contributed by atoms with Crippen LogP contribution in [-0.4, -0.2) is 30.9 Å². The average molecular weight is 338 g/mol. The molecule has 2 heterocycles. The standard InChI is InChI=1S/C19H22N4O2/c1-12(13-6-8-16-14(11-13)7-9-17(24)22-16)21-19(25)15-5-4-10-20-18(15)23(2)3/h4-6,8,10-12H,7,9H2,1-3H3,(H,21,25)(H,22,24)/t12-/m0/s1. The summed E-state index contributed by atoms with van der Waals surface area (Å²) < 4.78 is 0. The number of hydrogen-bond donors (Lipinski definition) is 2. The number of nitrogens with zero attached hydrogens (tertiary/aromatic N) is 2. The van der Waals surface area contributed by atoms with Gasteiger partial charge in [0.05, 0.1) is 11.6 Å². The molecule has 25 heavy (non-hydrogen) atoms. The highest BCUT2D eigenvalue weighted by Gasteiger charge is 2.19. The van der Waals surface area contributed by atoms with Gasteiger partial charge in [0.15, 0.2) is 0 Å². The minimum atomic E-state index is -0.157. The van der Waals surface area contributed by atoms with E-state index in [0.717, 1.165) is 23.2 Å². The van der Waals surface area contributed by atoms with E-state index >= 15 is 0 Å². The average Bonchev–Trinajstić information content (AvgIpc) is 2.61. The third kappa shape index (κ3) is 3.63. The van der Waals surface area contributed by atoms with Crippen LogP contribution in [0.1, 0.15) is 40.9 Å². The smallest absolute Gasteiger partial charge is 0.255 e. The molecule has 0 saturated carbocycles. The summed E-state index contributed by atoms with van der Waals surface area (Å²) in [6, 6.07) is 9.27. The van der Waals surface area contributed by atoms with Gasteiger partial charge in [-0.25, -0.2) is 4.98 Å². The molecule has 6 heteroatoms. The fourth-order valence-electron chi connectivity index (χ4n) is 2.96. The number of nitrogens with one attached hydrogen (secondary N) is 2. The minimum Gasteiger partial charge on any atom is -0.362 e. The number of anilines is 2. The summed E-state index contributed by atoms with van der Waals surface area (Å²) in [5, 5.41) is 5.90. The molecule has 0 aliphatic carbocycles. The lowest BCUT2D eigenvalue weighted by Gasteiger charge is -2.21. The Labute approximate surface area is 147 Å². The fraction of sp³-hybridized carbons (Fsp3) is 0.316. The predicted octanol–water partition coefficient (Wildman–Crippen LogP) is 2.52. The molecule has 1 aliphatic heterocycles. The van der Waals surface area contributed by atoms with E-state index in [1.54, 1.807) is 18.3 Å². The molecule has 0 unspecified atom stereocenters. The molecule has 2 aromatic rings. The highest BCUT2D eigenvalue weighted by atomic mass is 16.2. The quantitative estimate of drug-likeness (QED) is 0.898. The van der Waals surface area contributed by atoms with Crippen molar-refractivity contribution in [2.45, 2.75) is 25.8 Å². The molecule has 0 saturated heterocycles. The zero-order valence-corrected chi connectivity index (χ0v) is 14.7. The summed E-state index contributed by atoms with van der Waals surface area (Å²) >= 11 is 0. The maximum atomic E-state index is 12.7. The molecule has 0 fully saturated rings. The zero-order valence-electron chi connectivity index (χ0n) is 14.7. The zero-order chi connectivity index (χ0) is 18.0. The van der Waals surface area contributed by atoms with Crippen LogP contribution in [0.15, 0.2) is 36.5 Å². The van der Waals surface area contributed by atoms with E-state index < -0.39 is 0 Å². The number of amides is 2. The molecule has 0 radical (unpaired) electrons. The lowest BCUT2D eigenvalue weighted by Crippen LogP contribution is -2.29. The summed E-state index contributed by atoms with van der Waals surface area (Å²) in [4.78, 5) is 30.2. The second-order valence-corrected chi connectivity index (χ2v) is 6.43. The molecule has 6 nitrogen and oxygen atoms in total. The molecule has 1 aliphatic rings. The van der Waals surface area contributed by atoms with Crippen LogP contribution in [-0.2, 0) is 11.2 Å². The monoisotopic (exact) mass is 338 g/mol. The number of rotatable bonds is 4. The Morgan fingerprint density at radius 1 is 1.28 bits per heavy atom. The van der Waals surface area contributed by atoms with Gasteiger partial charge in [-0.05, 0) is 42.7 Å². The van der Waals surface area contributed by atoms with Gasteiger partial charge in [0, 0.05) is 32.4 Å². The van der Waals surface area contributed by atoms with Crippen molar-refractivity contribution in [2.75, 3.05) is 24.3 Å². The predicted molar refractivity (Wildman–Crippen MR) is 97.8 cm³/mol. The van der Waals surface area contributed by atoms with Gasteiger partial charge >= 0.3 is 0 Å². The number of benzene rings is 1. The highest BCUT2D eigenvalue weighted by Crippen LogP contribution is 2.26. The summed E-state index contributed by atoms with van der Waals surface area (Å²) in [6.45, 7) is 1.95. The minimum absolute atomic E-state index is 0.0504. The van der Waals surface area contributed by atoms with Crippen molar-refractivity contribution in [1.82, 2.24) is 10.3 Å². The summed E-state index contributed by atoms with van der Waals surface area (Å²) in [5.41, 5.74) is 3.53. The fourth-order valence-corrected chi connectivity index (χ4v) is 2.96. The highest BCUT2D eigenvalue weighted by molar-refractivity contribution is 5.99. The molecule has 1 aromatic carbocycles. The van der Waals surface area contributed by atoms with Crippen molar-refractivity contribution in [3.63, 3.8) is 0 Å². The van der Waals surface area contributed by atoms with Crippen LogP contribution in [0.2, 0.25) is 0 Å². The Hall–Kier alpha value is -2.89. The summed E-state index contributed by atoms with van der Waals surface area (Å²) in [6.07, 6.45) is 2.90. The lowest BCUT2D eigenvalue weighted by molar-refractivity contribution is -0.116. The van der Waals surface area contributed by atoms with Gasteiger partial charge in [-0.2, -0.15) is 0 Å². The van der Waals surface area contributed by atoms with Crippen LogP contribution in [0, 0.1) is 0 Å². The number of aryl methyl sites for hydroxylation is 1. The first-order chi connectivity index (χ1) is 12.0. The van der Waals surface area contributed by atoms with Gasteiger partial charge in [-0.15, -0.1) is 0 Å². The topological polar surface area (TPSA) is 74.3 Å². The summed E-state index contributed by atoms with van der Waals surface area (Å²) in [5.74, 6) is 0.532. The van der Waals surface area contributed by atoms with Gasteiger partial charge in [0.2, 0.25) is 5.91 Å². The Morgan fingerprint density at radius 2 is 2.08 bits per heavy atom. The van der Waals surface area contributed by atoms with Crippen molar-refractivity contribution < 1.29 is 9.59 Å². The Bertz CT molecular complexity index is 817. The van der Waals surface area contributed by atoms with Gasteiger partial charge < -0.3 is 15.5 Å². The second-order valence-electron chi connectivity index (χ2n) is 6.43. The van der Waals surface area contributed by atoms with E-state index in [-0.39, 0.29) is 17.9 Å². The van der Waals surface area contributed by atoms with Crippen molar-refractivity contribution in [2.24, 2.45) is 0 Å². The maximum absolute atomic E-state index is 12.7. The van der Waals surface area contributed by atoms with Crippen LogP contribution < -0.4 is 15.5 Å². The van der Waals surface area contributed by atoms with Crippen molar-refractivity contribution >= 4 is 23.3 Å². The molecular weight excluding hydrogens is 316 g/mol. The van der Waals surface area contributed by atoms with Gasteiger partial charge in [0.25, 0.3) is 5.91 Å². The Morgan fingerprint density at radius 3 is 2.84 bits per heavy atom. The van der Waals surface area contributed by atoms with Crippen molar-refractivity contribution in [1.29, 1.82) is 0 Å². The van der Waals surface area contributed by atoms with E-state index in [9.17, 15) is 9.59 Å². The molecule has 2 amide bonds. The molecular formula is C19H22N4O2. The van der Waals surface area contributed by atoms with Crippen LogP contribution in [0.25, 0.3) is 0 Å². The van der Waals surface area contributed by atoms with E-state index in [1.165, 1.54) is 0 Å². The largest absolute Gasteiger partial charge is 0.362 e. The number of carbonyl (C=O) groups is 2. The molecule has 1 aromatic heterocycles. The van der Waals surface area contributed by atoms with Crippen LogP contribution in [0.3, 0.4) is 0 Å². The number of aromatic nitrogens is 1. The SMILES string of the molecule is C[C@H](NC(=O)c1cccnc1N(C)C)c1ccc2c(c1)CCC(=O)N2. The van der Waals surface area contributed by atoms with Gasteiger partial charge in [-0.3, -0.25) is 9.59 Å². The van der Waals surface area contributed by atoms with E-state index in [2.05, 4.69) is 21.7 Å². The lowest BCUT2D eigenvalue weighted by atomic mass is 9.97. The Balaban J connectivity index is 1.77. The van der Waals surface area contributed by atoms with Crippen molar-refractivity contribution in [3.05, 3.63) is 53.2 Å². The number of carbonyl (C=O) groups excluding carboxylic acids is 2. The van der Waals surface area contributed by atoms with E-state index in [1.807, 2.05) is 38.1 Å². The first-order valence-electron chi connectivity index (χ1n) is 8.31. The number of pyridine rings is 1. The van der Waals surface area contributed by atoms with Gasteiger partial charge in [0.1, 0.15) is 5.82 Å². The number of fused-ring (bicyclic) bond motifs is 1. The molecule has 0 bridgehead atoms. The Kier molecular flexibility index (Phi) is 4.70. The maximum Gasteiger partial charge on any atom is 0.255 e. The van der Waals surface area contributed by atoms with Crippen LogP contribution >= 0.6 is 0 Å². The molecule has 0 spiro atoms. The second kappa shape index (κ2) is 6.93. The van der Waals surface area contributed by atoms with Crippen LogP contribution in [0.5, 0.6) is 0 Å². The third-order valence-electron chi connectivity index (χ3n) is 4.33.